The van der Waals surface area contributed by atoms with Gasteiger partial charge in [-0.05, 0) is 205 Å². The molecule has 84 heavy (non-hydrogen) atoms. The highest BCUT2D eigenvalue weighted by molar-refractivity contribution is 6.22. The smallest absolute Gasteiger partial charge is 0.0541 e. The van der Waals surface area contributed by atoms with E-state index in [1.165, 1.54) is 154 Å². The van der Waals surface area contributed by atoms with Crippen molar-refractivity contribution in [2.45, 2.75) is 46.0 Å². The Morgan fingerprint density at radius 3 is 1.00 bits per heavy atom. The molecule has 1 unspecified atom stereocenters. The molecule has 0 saturated carbocycles. The third kappa shape index (κ3) is 7.94. The molecule has 400 valence electrons. The van der Waals surface area contributed by atoms with E-state index < -0.39 is 0 Å². The molecule has 0 bridgehead atoms. The van der Waals surface area contributed by atoms with Crippen LogP contribution in [0.5, 0.6) is 0 Å². The van der Waals surface area contributed by atoms with E-state index in [0.717, 1.165) is 24.9 Å². The summed E-state index contributed by atoms with van der Waals surface area (Å²) in [4.78, 5) is 0. The molecule has 0 saturated heterocycles. The van der Waals surface area contributed by atoms with Crippen molar-refractivity contribution in [2.75, 3.05) is 0 Å². The van der Waals surface area contributed by atoms with Gasteiger partial charge >= 0.3 is 0 Å². The molecule has 13 aromatic carbocycles. The maximum absolute atomic E-state index is 2.48. The lowest BCUT2D eigenvalue weighted by Crippen LogP contribution is -1.95. The van der Waals surface area contributed by atoms with Gasteiger partial charge in [-0.25, -0.2) is 0 Å². The Bertz CT molecular complexity index is 5180. The molecule has 1 atom stereocenters. The standard InChI is InChI=1S/C81H61N3/c1-4-19-53-30-40-74-68(46-53)70-48-57(34-42-76(70)82(74)61-22-11-7-12-23-61)59-36-44-78-72(50-59)73-51-60(58-35-43-77-71(49-58)69-47-56(52(3)5-2)33-41-75(69)83(77)62-24-13-8-14-25-62)37-45-79(73)84(78)63-38-31-55(32-39-63)81-66-28-17-15-26-64(66)80(54-20-9-6-10-21-54)65-27-16-18-29-67(65)81/h6-18,20-52H,4-5,19H2,1-3H3. The number of aryl methyl sites for hydroxylation is 1. The Morgan fingerprint density at radius 2 is 0.595 bits per heavy atom. The lowest BCUT2D eigenvalue weighted by Gasteiger charge is -2.18. The lowest BCUT2D eigenvalue weighted by molar-refractivity contribution is 0.735. The fourth-order valence-corrected chi connectivity index (χ4v) is 14.0. The van der Waals surface area contributed by atoms with Gasteiger partial charge in [-0.1, -0.05) is 191 Å². The van der Waals surface area contributed by atoms with Gasteiger partial charge in [0.15, 0.2) is 0 Å². The van der Waals surface area contributed by atoms with Crippen molar-refractivity contribution in [3.63, 3.8) is 0 Å². The summed E-state index contributed by atoms with van der Waals surface area (Å²) in [5.41, 5.74) is 23.2. The topological polar surface area (TPSA) is 14.8 Å². The molecule has 0 spiro atoms. The number of aromatic nitrogens is 3. The number of hydrogen-bond acceptors (Lipinski definition) is 0. The number of fused-ring (bicyclic) bond motifs is 11. The molecule has 16 rings (SSSR count). The van der Waals surface area contributed by atoms with Crippen LogP contribution in [0.15, 0.2) is 273 Å². The van der Waals surface area contributed by atoms with Crippen LogP contribution in [0.4, 0.5) is 0 Å². The minimum atomic E-state index is 0.468. The van der Waals surface area contributed by atoms with Crippen molar-refractivity contribution in [2.24, 2.45) is 0 Å². The van der Waals surface area contributed by atoms with Gasteiger partial charge < -0.3 is 13.7 Å². The summed E-state index contributed by atoms with van der Waals surface area (Å²) < 4.78 is 7.35. The molecule has 0 aliphatic heterocycles. The third-order valence-corrected chi connectivity index (χ3v) is 18.2. The summed E-state index contributed by atoms with van der Waals surface area (Å²) in [7, 11) is 0. The van der Waals surface area contributed by atoms with E-state index >= 15 is 0 Å². The van der Waals surface area contributed by atoms with Crippen LogP contribution in [0.25, 0.3) is 149 Å². The predicted molar refractivity (Wildman–Crippen MR) is 359 cm³/mol. The summed E-state index contributed by atoms with van der Waals surface area (Å²) in [6.07, 6.45) is 3.26. The average Bonchev–Trinajstić information content (AvgIpc) is 4.22. The van der Waals surface area contributed by atoms with Gasteiger partial charge in [0.25, 0.3) is 0 Å². The van der Waals surface area contributed by atoms with Gasteiger partial charge in [-0.15, -0.1) is 0 Å². The van der Waals surface area contributed by atoms with E-state index in [4.69, 9.17) is 0 Å². The van der Waals surface area contributed by atoms with Gasteiger partial charge in [-0.2, -0.15) is 0 Å². The minimum Gasteiger partial charge on any atom is -0.309 e. The first-order valence-corrected chi connectivity index (χ1v) is 29.9. The van der Waals surface area contributed by atoms with E-state index in [9.17, 15) is 0 Å². The molecule has 0 amide bonds. The zero-order chi connectivity index (χ0) is 56.0. The summed E-state index contributed by atoms with van der Waals surface area (Å²) >= 11 is 0. The Morgan fingerprint density at radius 1 is 0.274 bits per heavy atom. The van der Waals surface area contributed by atoms with E-state index in [0.29, 0.717) is 5.92 Å². The fraction of sp³-hybridized carbons (Fsp3) is 0.0864. The van der Waals surface area contributed by atoms with E-state index in [1.54, 1.807) is 0 Å². The molecule has 0 radical (unpaired) electrons. The van der Waals surface area contributed by atoms with Gasteiger partial charge in [0.2, 0.25) is 0 Å². The van der Waals surface area contributed by atoms with Crippen molar-refractivity contribution in [3.8, 4) is 61.6 Å². The Hall–Kier alpha value is -10.2. The second-order valence-electron chi connectivity index (χ2n) is 23.0. The van der Waals surface area contributed by atoms with Crippen LogP contribution in [0.3, 0.4) is 0 Å². The van der Waals surface area contributed by atoms with Crippen molar-refractivity contribution < 1.29 is 0 Å². The lowest BCUT2D eigenvalue weighted by atomic mass is 9.86. The Balaban J connectivity index is 0.889. The van der Waals surface area contributed by atoms with E-state index in [1.807, 2.05) is 0 Å². The van der Waals surface area contributed by atoms with E-state index in [2.05, 4.69) is 307 Å². The number of benzene rings is 13. The second-order valence-corrected chi connectivity index (χ2v) is 23.0. The summed E-state index contributed by atoms with van der Waals surface area (Å²) in [5.74, 6) is 0.468. The van der Waals surface area contributed by atoms with Crippen molar-refractivity contribution in [1.82, 2.24) is 13.7 Å². The van der Waals surface area contributed by atoms with Gasteiger partial charge in [-0.3, -0.25) is 0 Å². The minimum absolute atomic E-state index is 0.468. The van der Waals surface area contributed by atoms with Crippen molar-refractivity contribution >= 4 is 87.0 Å². The fourth-order valence-electron chi connectivity index (χ4n) is 14.0. The maximum Gasteiger partial charge on any atom is 0.0541 e. The SMILES string of the molecule is CCCc1ccc2c(c1)c1cc(-c3ccc4c(c3)c3cc(-c5ccc6c(c5)c5cc(C(C)CC)ccc5n6-c5ccccc5)ccc3n4-c3ccc(-c4c5ccccc5c(-c5ccccc5)c5ccccc45)cc3)ccc1n2-c1ccccc1. The van der Waals surface area contributed by atoms with Crippen molar-refractivity contribution in [1.29, 1.82) is 0 Å². The van der Waals surface area contributed by atoms with Crippen LogP contribution in [0.2, 0.25) is 0 Å². The van der Waals surface area contributed by atoms with Crippen molar-refractivity contribution in [3.05, 3.63) is 284 Å². The van der Waals surface area contributed by atoms with Gasteiger partial charge in [0, 0.05) is 49.4 Å². The van der Waals surface area contributed by atoms with Crippen LogP contribution in [-0.4, -0.2) is 13.7 Å². The second kappa shape index (κ2) is 20.0. The molecule has 3 heteroatoms. The number of hydrogen-bond donors (Lipinski definition) is 0. The zero-order valence-corrected chi connectivity index (χ0v) is 47.5. The molecule has 0 N–H and O–H groups in total. The monoisotopic (exact) mass is 1080 g/mol. The zero-order valence-electron chi connectivity index (χ0n) is 47.5. The number of nitrogens with zero attached hydrogens (tertiary/aromatic N) is 3. The molecular formula is C81H61N3. The Kier molecular flexibility index (Phi) is 11.8. The molecule has 0 fully saturated rings. The molecule has 0 aliphatic rings. The molecule has 16 aromatic rings. The van der Waals surface area contributed by atoms with E-state index in [-0.39, 0.29) is 0 Å². The summed E-state index contributed by atoms with van der Waals surface area (Å²) in [6.45, 7) is 6.89. The first-order valence-electron chi connectivity index (χ1n) is 29.9. The largest absolute Gasteiger partial charge is 0.309 e. The highest BCUT2D eigenvalue weighted by Gasteiger charge is 2.22. The van der Waals surface area contributed by atoms with Crippen LogP contribution in [0, 0.1) is 0 Å². The maximum atomic E-state index is 2.48. The van der Waals surface area contributed by atoms with Crippen LogP contribution < -0.4 is 0 Å². The van der Waals surface area contributed by atoms with Gasteiger partial charge in [0.1, 0.15) is 0 Å². The predicted octanol–water partition coefficient (Wildman–Crippen LogP) is 22.4. The van der Waals surface area contributed by atoms with Gasteiger partial charge in [0.05, 0.1) is 33.1 Å². The highest BCUT2D eigenvalue weighted by atomic mass is 15.0. The van der Waals surface area contributed by atoms with Crippen LogP contribution in [0.1, 0.15) is 50.7 Å². The molecular weight excluding hydrogens is 1010 g/mol. The third-order valence-electron chi connectivity index (χ3n) is 18.2. The normalized spacial score (nSPS) is 12.3. The first-order chi connectivity index (χ1) is 41.5. The molecule has 3 aromatic heterocycles. The quantitative estimate of drug-likeness (QED) is 0.115. The first kappa shape index (κ1) is 49.6. The molecule has 3 nitrogen and oxygen atoms in total. The van der Waals surface area contributed by atoms with Crippen LogP contribution in [-0.2, 0) is 6.42 Å². The van der Waals surface area contributed by atoms with Crippen LogP contribution >= 0.6 is 0 Å². The summed E-state index contributed by atoms with van der Waals surface area (Å²) in [6, 6.07) is 102. The molecule has 3 heterocycles. The summed E-state index contributed by atoms with van der Waals surface area (Å²) in [5, 5.41) is 12.6. The Labute approximate surface area is 489 Å². The average molecular weight is 1080 g/mol. The highest BCUT2D eigenvalue weighted by Crippen LogP contribution is 2.46. The number of rotatable bonds is 11. The molecule has 0 aliphatic carbocycles. The number of para-hydroxylation sites is 2.